The summed E-state index contributed by atoms with van der Waals surface area (Å²) in [5.41, 5.74) is 6.62. The molecule has 0 bridgehead atoms. The van der Waals surface area contributed by atoms with E-state index in [-0.39, 0.29) is 11.9 Å². The van der Waals surface area contributed by atoms with Crippen LogP contribution in [0.3, 0.4) is 0 Å². The Balaban J connectivity index is 2.09. The molecule has 98 valence electrons. The van der Waals surface area contributed by atoms with Gasteiger partial charge in [-0.3, -0.25) is 4.79 Å². The van der Waals surface area contributed by atoms with Gasteiger partial charge in [0.05, 0.1) is 16.3 Å². The number of hydrogen-bond donors (Lipinski definition) is 2. The number of halogens is 1. The van der Waals surface area contributed by atoms with Gasteiger partial charge >= 0.3 is 0 Å². The number of nitrogens with one attached hydrogen (secondary N) is 1. The number of carbonyl (C=O) groups excluding carboxylic acids is 1. The van der Waals surface area contributed by atoms with E-state index >= 15 is 0 Å². The predicted molar refractivity (Wildman–Crippen MR) is 74.8 cm³/mol. The first-order valence-corrected chi connectivity index (χ1v) is 6.82. The Bertz CT molecular complexity index is 447. The molecule has 1 aromatic carbocycles. The molecule has 0 radical (unpaired) electrons. The number of anilines is 1. The van der Waals surface area contributed by atoms with Crippen molar-refractivity contribution in [3.05, 3.63) is 28.8 Å². The van der Waals surface area contributed by atoms with Crippen molar-refractivity contribution in [3.8, 4) is 0 Å². The van der Waals surface area contributed by atoms with Gasteiger partial charge in [-0.15, -0.1) is 0 Å². The molecule has 0 aliphatic heterocycles. The van der Waals surface area contributed by atoms with E-state index < -0.39 is 0 Å². The lowest BCUT2D eigenvalue weighted by atomic mass is 9.86. The molecular formula is C14H19ClN2O. The van der Waals surface area contributed by atoms with E-state index in [0.717, 1.165) is 6.42 Å². The van der Waals surface area contributed by atoms with Crippen molar-refractivity contribution in [1.82, 2.24) is 5.32 Å². The maximum absolute atomic E-state index is 12.2. The molecule has 3 nitrogen and oxygen atoms in total. The van der Waals surface area contributed by atoms with Gasteiger partial charge in [-0.1, -0.05) is 37.4 Å². The summed E-state index contributed by atoms with van der Waals surface area (Å²) in [5.74, 6) is 0.411. The van der Waals surface area contributed by atoms with Crippen LogP contribution in [-0.4, -0.2) is 11.9 Å². The van der Waals surface area contributed by atoms with Crippen LogP contribution >= 0.6 is 11.6 Å². The predicted octanol–water partition coefficient (Wildman–Crippen LogP) is 3.23. The molecule has 1 saturated carbocycles. The summed E-state index contributed by atoms with van der Waals surface area (Å²) < 4.78 is 0. The quantitative estimate of drug-likeness (QED) is 0.808. The zero-order valence-corrected chi connectivity index (χ0v) is 11.3. The fourth-order valence-electron chi connectivity index (χ4n) is 2.50. The van der Waals surface area contributed by atoms with Gasteiger partial charge in [0.2, 0.25) is 0 Å². The highest BCUT2D eigenvalue weighted by Gasteiger charge is 2.24. The largest absolute Gasteiger partial charge is 0.398 e. The summed E-state index contributed by atoms with van der Waals surface area (Å²) in [6, 6.07) is 5.41. The lowest BCUT2D eigenvalue weighted by Gasteiger charge is -2.29. The highest BCUT2D eigenvalue weighted by molar-refractivity contribution is 6.36. The van der Waals surface area contributed by atoms with Crippen LogP contribution in [0.5, 0.6) is 0 Å². The van der Waals surface area contributed by atoms with Crippen LogP contribution in [0.4, 0.5) is 5.69 Å². The van der Waals surface area contributed by atoms with E-state index in [1.807, 2.05) is 0 Å². The van der Waals surface area contributed by atoms with Gasteiger partial charge in [0.25, 0.3) is 5.91 Å². The van der Waals surface area contributed by atoms with Crippen LogP contribution in [0.2, 0.25) is 5.02 Å². The minimum atomic E-state index is -0.119. The number of rotatable bonds is 2. The maximum atomic E-state index is 12.2. The lowest BCUT2D eigenvalue weighted by molar-refractivity contribution is 0.0910. The summed E-state index contributed by atoms with van der Waals surface area (Å²) >= 11 is 6.06. The van der Waals surface area contributed by atoms with E-state index in [0.29, 0.717) is 22.2 Å². The van der Waals surface area contributed by atoms with Crippen molar-refractivity contribution in [2.45, 2.75) is 38.6 Å². The van der Waals surface area contributed by atoms with Crippen molar-refractivity contribution in [3.63, 3.8) is 0 Å². The van der Waals surface area contributed by atoms with Crippen LogP contribution in [-0.2, 0) is 0 Å². The van der Waals surface area contributed by atoms with Gasteiger partial charge in [0, 0.05) is 6.04 Å². The third-order valence-corrected chi connectivity index (χ3v) is 4.12. The molecule has 0 heterocycles. The van der Waals surface area contributed by atoms with E-state index in [1.165, 1.54) is 19.3 Å². The molecule has 0 spiro atoms. The monoisotopic (exact) mass is 266 g/mol. The first kappa shape index (κ1) is 13.2. The normalized spacial score (nSPS) is 23.7. The van der Waals surface area contributed by atoms with Gasteiger partial charge in [-0.25, -0.2) is 0 Å². The Morgan fingerprint density at radius 3 is 2.83 bits per heavy atom. The standard InChI is InChI=1S/C14H19ClN2O/c1-9-5-2-3-8-12(9)17-14(18)10-6-4-7-11(16)13(10)15/h4,6-7,9,12H,2-3,5,8,16H2,1H3,(H,17,18). The average Bonchev–Trinajstić information content (AvgIpc) is 2.35. The van der Waals surface area contributed by atoms with Crippen molar-refractivity contribution in [1.29, 1.82) is 0 Å². The molecule has 0 saturated heterocycles. The van der Waals surface area contributed by atoms with Crippen LogP contribution in [0.1, 0.15) is 43.0 Å². The van der Waals surface area contributed by atoms with Crippen molar-refractivity contribution in [2.75, 3.05) is 5.73 Å². The minimum absolute atomic E-state index is 0.119. The minimum Gasteiger partial charge on any atom is -0.398 e. The molecule has 1 aliphatic carbocycles. The SMILES string of the molecule is CC1CCCCC1NC(=O)c1cccc(N)c1Cl. The van der Waals surface area contributed by atoms with E-state index in [1.54, 1.807) is 18.2 Å². The zero-order chi connectivity index (χ0) is 13.1. The van der Waals surface area contributed by atoms with Crippen LogP contribution in [0.15, 0.2) is 18.2 Å². The Morgan fingerprint density at radius 2 is 2.11 bits per heavy atom. The Labute approximate surface area is 113 Å². The molecule has 18 heavy (non-hydrogen) atoms. The van der Waals surface area contributed by atoms with Gasteiger partial charge in [-0.05, 0) is 30.9 Å². The number of benzene rings is 1. The first-order chi connectivity index (χ1) is 8.59. The summed E-state index contributed by atoms with van der Waals surface area (Å²) in [6.45, 7) is 2.19. The Hall–Kier alpha value is -1.22. The maximum Gasteiger partial charge on any atom is 0.253 e. The third kappa shape index (κ3) is 2.78. The van der Waals surface area contributed by atoms with E-state index in [9.17, 15) is 4.79 Å². The second-order valence-corrected chi connectivity index (χ2v) is 5.43. The lowest BCUT2D eigenvalue weighted by Crippen LogP contribution is -2.41. The van der Waals surface area contributed by atoms with Crippen LogP contribution in [0, 0.1) is 5.92 Å². The molecule has 2 rings (SSSR count). The van der Waals surface area contributed by atoms with Gasteiger partial charge in [0.1, 0.15) is 0 Å². The summed E-state index contributed by atoms with van der Waals surface area (Å²) in [5, 5.41) is 3.42. The molecule has 3 N–H and O–H groups in total. The molecular weight excluding hydrogens is 248 g/mol. The van der Waals surface area contributed by atoms with Gasteiger partial charge in [0.15, 0.2) is 0 Å². The highest BCUT2D eigenvalue weighted by atomic mass is 35.5. The van der Waals surface area contributed by atoms with Gasteiger partial charge in [-0.2, -0.15) is 0 Å². The number of nitrogens with two attached hydrogens (primary N) is 1. The van der Waals surface area contributed by atoms with Crippen molar-refractivity contribution < 1.29 is 4.79 Å². The smallest absolute Gasteiger partial charge is 0.253 e. The zero-order valence-electron chi connectivity index (χ0n) is 10.6. The topological polar surface area (TPSA) is 55.1 Å². The highest BCUT2D eigenvalue weighted by Crippen LogP contribution is 2.26. The van der Waals surface area contributed by atoms with Crippen molar-refractivity contribution >= 4 is 23.2 Å². The summed E-state index contributed by atoms with van der Waals surface area (Å²) in [4.78, 5) is 12.2. The molecule has 1 aromatic rings. The first-order valence-electron chi connectivity index (χ1n) is 6.44. The van der Waals surface area contributed by atoms with Crippen molar-refractivity contribution in [2.24, 2.45) is 5.92 Å². The van der Waals surface area contributed by atoms with Gasteiger partial charge < -0.3 is 11.1 Å². The average molecular weight is 267 g/mol. The molecule has 1 aliphatic rings. The van der Waals surface area contributed by atoms with E-state index in [4.69, 9.17) is 17.3 Å². The number of carbonyl (C=O) groups is 1. The Kier molecular flexibility index (Phi) is 4.12. The number of nitrogen functional groups attached to an aromatic ring is 1. The summed E-state index contributed by atoms with van der Waals surface area (Å²) in [6.07, 6.45) is 4.66. The molecule has 2 atom stereocenters. The molecule has 1 amide bonds. The Morgan fingerprint density at radius 1 is 1.39 bits per heavy atom. The molecule has 2 unspecified atom stereocenters. The molecule has 1 fully saturated rings. The molecule has 0 aromatic heterocycles. The number of hydrogen-bond acceptors (Lipinski definition) is 2. The van der Waals surface area contributed by atoms with Crippen LogP contribution < -0.4 is 11.1 Å². The fourth-order valence-corrected chi connectivity index (χ4v) is 2.71. The number of amides is 1. The van der Waals surface area contributed by atoms with Crippen LogP contribution in [0.25, 0.3) is 0 Å². The second-order valence-electron chi connectivity index (χ2n) is 5.05. The third-order valence-electron chi connectivity index (χ3n) is 3.70. The fraction of sp³-hybridized carbons (Fsp3) is 0.500. The second kappa shape index (κ2) is 5.61. The summed E-state index contributed by atoms with van der Waals surface area (Å²) in [7, 11) is 0. The van der Waals surface area contributed by atoms with E-state index in [2.05, 4.69) is 12.2 Å². The molecule has 4 heteroatoms.